The Kier molecular flexibility index (Phi) is 7.02. The first-order valence-corrected chi connectivity index (χ1v) is 8.80. The maximum absolute atomic E-state index is 11.6. The van der Waals surface area contributed by atoms with Gasteiger partial charge in [0, 0.05) is 19.2 Å². The van der Waals surface area contributed by atoms with Crippen molar-refractivity contribution in [3.05, 3.63) is 59.2 Å². The van der Waals surface area contributed by atoms with Gasteiger partial charge in [-0.05, 0) is 67.3 Å². The highest BCUT2D eigenvalue weighted by molar-refractivity contribution is 5.94. The van der Waals surface area contributed by atoms with Gasteiger partial charge in [-0.1, -0.05) is 26.0 Å². The molecule has 1 amide bonds. The minimum Gasteiger partial charge on any atom is -0.457 e. The molecule has 134 valence electrons. The highest BCUT2D eigenvalue weighted by Gasteiger charge is 2.06. The van der Waals surface area contributed by atoms with Crippen LogP contribution >= 0.6 is 0 Å². The van der Waals surface area contributed by atoms with Gasteiger partial charge in [-0.15, -0.1) is 0 Å². The van der Waals surface area contributed by atoms with Crippen molar-refractivity contribution in [1.29, 1.82) is 0 Å². The van der Waals surface area contributed by atoms with Crippen LogP contribution in [-0.2, 0) is 6.54 Å². The smallest absolute Gasteiger partial charge is 0.251 e. The molecule has 0 unspecified atom stereocenters. The molecule has 2 N–H and O–H groups in total. The summed E-state index contributed by atoms with van der Waals surface area (Å²) in [4.78, 5) is 11.6. The van der Waals surface area contributed by atoms with Crippen molar-refractivity contribution in [2.75, 3.05) is 13.6 Å². The first kappa shape index (κ1) is 19.0. The predicted molar refractivity (Wildman–Crippen MR) is 102 cm³/mol. The molecule has 2 aromatic rings. The largest absolute Gasteiger partial charge is 0.457 e. The van der Waals surface area contributed by atoms with E-state index in [0.29, 0.717) is 5.56 Å². The summed E-state index contributed by atoms with van der Waals surface area (Å²) in [6.45, 7) is 8.42. The molecule has 0 saturated carbocycles. The van der Waals surface area contributed by atoms with E-state index in [4.69, 9.17) is 4.74 Å². The van der Waals surface area contributed by atoms with Gasteiger partial charge < -0.3 is 15.4 Å². The number of benzene rings is 2. The number of carbonyl (C=O) groups excluding carboxylic acids is 1. The van der Waals surface area contributed by atoms with Crippen molar-refractivity contribution in [2.24, 2.45) is 5.92 Å². The van der Waals surface area contributed by atoms with Crippen LogP contribution in [0.15, 0.2) is 42.5 Å². The number of aryl methyl sites for hydroxylation is 1. The van der Waals surface area contributed by atoms with Crippen molar-refractivity contribution in [2.45, 2.75) is 33.7 Å². The number of rotatable bonds is 8. The zero-order valence-electron chi connectivity index (χ0n) is 15.6. The molecule has 0 bridgehead atoms. The number of hydrogen-bond donors (Lipinski definition) is 2. The van der Waals surface area contributed by atoms with Gasteiger partial charge >= 0.3 is 0 Å². The fourth-order valence-corrected chi connectivity index (χ4v) is 2.51. The summed E-state index contributed by atoms with van der Waals surface area (Å²) in [5.41, 5.74) is 2.97. The average Bonchev–Trinajstić information content (AvgIpc) is 2.60. The second-order valence-corrected chi connectivity index (χ2v) is 6.66. The van der Waals surface area contributed by atoms with Gasteiger partial charge in [0.1, 0.15) is 11.5 Å². The minimum absolute atomic E-state index is 0.1000. The van der Waals surface area contributed by atoms with E-state index in [1.54, 1.807) is 19.2 Å². The van der Waals surface area contributed by atoms with Crippen LogP contribution in [0.2, 0.25) is 0 Å². The molecule has 0 aliphatic heterocycles. The highest BCUT2D eigenvalue weighted by Crippen LogP contribution is 2.26. The molecule has 0 aromatic heterocycles. The van der Waals surface area contributed by atoms with Crippen molar-refractivity contribution in [3.63, 3.8) is 0 Å². The standard InChI is InChI=1S/C21H28N2O2/c1-15(2)11-12-23-14-17-5-10-20(16(3)13-17)25-19-8-6-18(7-9-19)21(24)22-4/h5-10,13,15,23H,11-12,14H2,1-4H3,(H,22,24). The molecule has 0 aliphatic carbocycles. The maximum atomic E-state index is 11.6. The van der Waals surface area contributed by atoms with Gasteiger partial charge in [-0.3, -0.25) is 4.79 Å². The Balaban J connectivity index is 1.95. The first-order valence-electron chi connectivity index (χ1n) is 8.80. The molecular weight excluding hydrogens is 312 g/mol. The molecule has 0 atom stereocenters. The lowest BCUT2D eigenvalue weighted by molar-refractivity contribution is 0.0963. The van der Waals surface area contributed by atoms with Crippen LogP contribution in [0.5, 0.6) is 11.5 Å². The van der Waals surface area contributed by atoms with Crippen molar-refractivity contribution in [3.8, 4) is 11.5 Å². The van der Waals surface area contributed by atoms with Crippen LogP contribution in [0.3, 0.4) is 0 Å². The van der Waals surface area contributed by atoms with Gasteiger partial charge in [-0.25, -0.2) is 0 Å². The molecule has 0 fully saturated rings. The third-order valence-corrected chi connectivity index (χ3v) is 4.04. The Hall–Kier alpha value is -2.33. The Bertz CT molecular complexity index is 694. The number of amides is 1. The molecule has 0 aliphatic rings. The quantitative estimate of drug-likeness (QED) is 0.705. The van der Waals surface area contributed by atoms with Crippen LogP contribution in [0.25, 0.3) is 0 Å². The minimum atomic E-state index is -0.1000. The molecular formula is C21H28N2O2. The number of hydrogen-bond acceptors (Lipinski definition) is 3. The average molecular weight is 340 g/mol. The van der Waals surface area contributed by atoms with Gasteiger partial charge in [0.25, 0.3) is 5.91 Å². The molecule has 0 saturated heterocycles. The van der Waals surface area contributed by atoms with Crippen LogP contribution < -0.4 is 15.4 Å². The Morgan fingerprint density at radius 2 is 1.84 bits per heavy atom. The van der Waals surface area contributed by atoms with E-state index in [2.05, 4.69) is 36.6 Å². The number of carbonyl (C=O) groups is 1. The molecule has 2 aromatic carbocycles. The van der Waals surface area contributed by atoms with E-state index in [-0.39, 0.29) is 5.91 Å². The molecule has 25 heavy (non-hydrogen) atoms. The normalized spacial score (nSPS) is 10.8. The lowest BCUT2D eigenvalue weighted by atomic mass is 10.1. The number of ether oxygens (including phenoxy) is 1. The second kappa shape index (κ2) is 9.23. The van der Waals surface area contributed by atoms with E-state index < -0.39 is 0 Å². The number of nitrogens with one attached hydrogen (secondary N) is 2. The molecule has 0 radical (unpaired) electrons. The molecule has 4 heteroatoms. The first-order chi connectivity index (χ1) is 12.0. The third kappa shape index (κ3) is 5.91. The Labute approximate surface area is 150 Å². The predicted octanol–water partition coefficient (Wildman–Crippen LogP) is 4.28. The van der Waals surface area contributed by atoms with E-state index in [0.717, 1.165) is 36.1 Å². The van der Waals surface area contributed by atoms with Crippen molar-refractivity contribution < 1.29 is 9.53 Å². The fourth-order valence-electron chi connectivity index (χ4n) is 2.51. The Morgan fingerprint density at radius 3 is 2.44 bits per heavy atom. The van der Waals surface area contributed by atoms with Crippen molar-refractivity contribution >= 4 is 5.91 Å². The van der Waals surface area contributed by atoms with Gasteiger partial charge in [0.15, 0.2) is 0 Å². The topological polar surface area (TPSA) is 50.4 Å². The van der Waals surface area contributed by atoms with Crippen molar-refractivity contribution in [1.82, 2.24) is 10.6 Å². The highest BCUT2D eigenvalue weighted by atomic mass is 16.5. The lowest BCUT2D eigenvalue weighted by Gasteiger charge is -2.12. The molecule has 2 rings (SSSR count). The summed E-state index contributed by atoms with van der Waals surface area (Å²) in [6.07, 6.45) is 1.19. The summed E-state index contributed by atoms with van der Waals surface area (Å²) in [5.74, 6) is 2.18. The summed E-state index contributed by atoms with van der Waals surface area (Å²) in [5, 5.41) is 6.08. The zero-order chi connectivity index (χ0) is 18.2. The van der Waals surface area contributed by atoms with Crippen LogP contribution in [0.1, 0.15) is 41.8 Å². The third-order valence-electron chi connectivity index (χ3n) is 4.04. The van der Waals surface area contributed by atoms with Gasteiger partial charge in [0.05, 0.1) is 0 Å². The molecule has 0 spiro atoms. The fraction of sp³-hybridized carbons (Fsp3) is 0.381. The van der Waals surface area contributed by atoms with E-state index in [1.807, 2.05) is 25.1 Å². The van der Waals surface area contributed by atoms with Gasteiger partial charge in [0.2, 0.25) is 0 Å². The summed E-state index contributed by atoms with van der Waals surface area (Å²) < 4.78 is 5.94. The van der Waals surface area contributed by atoms with Crippen LogP contribution in [-0.4, -0.2) is 19.5 Å². The maximum Gasteiger partial charge on any atom is 0.251 e. The lowest BCUT2D eigenvalue weighted by Crippen LogP contribution is -2.17. The molecule has 0 heterocycles. The van der Waals surface area contributed by atoms with Crippen LogP contribution in [0, 0.1) is 12.8 Å². The van der Waals surface area contributed by atoms with E-state index in [9.17, 15) is 4.79 Å². The zero-order valence-corrected chi connectivity index (χ0v) is 15.6. The second-order valence-electron chi connectivity index (χ2n) is 6.66. The SMILES string of the molecule is CNC(=O)c1ccc(Oc2ccc(CNCCC(C)C)cc2C)cc1. The Morgan fingerprint density at radius 1 is 1.12 bits per heavy atom. The summed E-state index contributed by atoms with van der Waals surface area (Å²) >= 11 is 0. The van der Waals surface area contributed by atoms with Gasteiger partial charge in [-0.2, -0.15) is 0 Å². The summed E-state index contributed by atoms with van der Waals surface area (Å²) in [6, 6.07) is 13.4. The van der Waals surface area contributed by atoms with E-state index in [1.165, 1.54) is 12.0 Å². The van der Waals surface area contributed by atoms with Crippen LogP contribution in [0.4, 0.5) is 0 Å². The molecule has 4 nitrogen and oxygen atoms in total. The monoisotopic (exact) mass is 340 g/mol. The van der Waals surface area contributed by atoms with E-state index >= 15 is 0 Å². The summed E-state index contributed by atoms with van der Waals surface area (Å²) in [7, 11) is 1.62.